The highest BCUT2D eigenvalue weighted by Gasteiger charge is 2.24. The highest BCUT2D eigenvalue weighted by atomic mass is 32.2. The summed E-state index contributed by atoms with van der Waals surface area (Å²) in [7, 11) is -4.31. The number of benzene rings is 2. The van der Waals surface area contributed by atoms with Gasteiger partial charge in [-0.2, -0.15) is 4.72 Å². The molecule has 0 aliphatic carbocycles. The van der Waals surface area contributed by atoms with Crippen molar-refractivity contribution in [1.29, 1.82) is 0 Å². The van der Waals surface area contributed by atoms with Gasteiger partial charge in [-0.15, -0.1) is 0 Å². The second-order valence-corrected chi connectivity index (χ2v) is 8.36. The Kier molecular flexibility index (Phi) is 6.50. The van der Waals surface area contributed by atoms with Crippen LogP contribution in [0.1, 0.15) is 6.92 Å². The summed E-state index contributed by atoms with van der Waals surface area (Å²) in [6, 6.07) is 7.63. The highest BCUT2D eigenvalue weighted by Crippen LogP contribution is 2.16. The van der Waals surface area contributed by atoms with E-state index in [4.69, 9.17) is 0 Å². The third-order valence-corrected chi connectivity index (χ3v) is 5.95. The Morgan fingerprint density at radius 1 is 1.03 bits per heavy atom. The zero-order valence-corrected chi connectivity index (χ0v) is 17.4. The summed E-state index contributed by atoms with van der Waals surface area (Å²) < 4.78 is 40.3. The normalized spacial score (nSPS) is 12.3. The van der Waals surface area contributed by atoms with Gasteiger partial charge in [-0.25, -0.2) is 12.8 Å². The number of amides is 2. The van der Waals surface area contributed by atoms with Gasteiger partial charge in [0, 0.05) is 0 Å². The standard InChI is InChI=1S/C19H18FN5O6S/c1-10(25-32(30,31)14-8-3-2-6-12(14)20)17(27)21-9-15(26)22-13-7-4-5-11-16(13)19(29)24-23-18(11)28/h2-8,10,25H,9H2,1H3,(H,21,27)(H,22,26)(H,23,28)(H,24,29)/t10-/m0/s1. The molecule has 1 atom stereocenters. The molecule has 32 heavy (non-hydrogen) atoms. The van der Waals surface area contributed by atoms with Gasteiger partial charge in [0.15, 0.2) is 0 Å². The molecule has 11 nitrogen and oxygen atoms in total. The Labute approximate surface area is 180 Å². The fourth-order valence-corrected chi connectivity index (χ4v) is 4.14. The number of aromatic nitrogens is 2. The molecule has 1 aromatic heterocycles. The maximum atomic E-state index is 13.7. The van der Waals surface area contributed by atoms with Crippen molar-refractivity contribution in [3.05, 3.63) is 69.0 Å². The van der Waals surface area contributed by atoms with E-state index in [1.807, 2.05) is 4.72 Å². The monoisotopic (exact) mass is 463 g/mol. The van der Waals surface area contributed by atoms with Crippen LogP contribution in [0.5, 0.6) is 0 Å². The first-order valence-electron chi connectivity index (χ1n) is 9.18. The average Bonchev–Trinajstić information content (AvgIpc) is 2.74. The largest absolute Gasteiger partial charge is 0.346 e. The molecule has 0 spiro atoms. The second kappa shape index (κ2) is 9.11. The average molecular weight is 463 g/mol. The number of carbonyl (C=O) groups excluding carboxylic acids is 2. The fraction of sp³-hybridized carbons (Fsp3) is 0.158. The molecule has 0 aliphatic heterocycles. The van der Waals surface area contributed by atoms with E-state index in [0.717, 1.165) is 12.1 Å². The quantitative estimate of drug-likeness (QED) is 0.324. The van der Waals surface area contributed by atoms with Crippen LogP contribution < -0.4 is 26.5 Å². The Balaban J connectivity index is 1.64. The molecule has 0 bridgehead atoms. The van der Waals surface area contributed by atoms with Crippen LogP contribution in [0.4, 0.5) is 10.1 Å². The molecule has 0 radical (unpaired) electrons. The van der Waals surface area contributed by atoms with Gasteiger partial charge in [0.1, 0.15) is 10.7 Å². The minimum absolute atomic E-state index is 0.0399. The second-order valence-electron chi connectivity index (χ2n) is 6.68. The van der Waals surface area contributed by atoms with Gasteiger partial charge in [0.05, 0.1) is 29.0 Å². The molecule has 168 valence electrons. The lowest BCUT2D eigenvalue weighted by Gasteiger charge is -2.15. The molecule has 0 unspecified atom stereocenters. The number of aromatic amines is 2. The Hall–Kier alpha value is -3.84. The van der Waals surface area contributed by atoms with Crippen LogP contribution in [0, 0.1) is 5.82 Å². The number of anilines is 1. The first kappa shape index (κ1) is 22.8. The van der Waals surface area contributed by atoms with Crippen molar-refractivity contribution >= 4 is 38.3 Å². The molecule has 13 heteroatoms. The van der Waals surface area contributed by atoms with Gasteiger partial charge < -0.3 is 10.6 Å². The molecule has 0 saturated carbocycles. The topological polar surface area (TPSA) is 170 Å². The molecular formula is C19H18FN5O6S. The van der Waals surface area contributed by atoms with E-state index in [9.17, 15) is 32.0 Å². The number of H-pyrrole nitrogens is 2. The van der Waals surface area contributed by atoms with Crippen molar-refractivity contribution in [3.8, 4) is 0 Å². The fourth-order valence-electron chi connectivity index (χ4n) is 2.86. The molecule has 1 heterocycles. The molecule has 0 saturated heterocycles. The molecule has 3 rings (SSSR count). The molecule has 5 N–H and O–H groups in total. The van der Waals surface area contributed by atoms with Crippen molar-refractivity contribution in [2.45, 2.75) is 17.9 Å². The molecular weight excluding hydrogens is 445 g/mol. The van der Waals surface area contributed by atoms with E-state index in [1.165, 1.54) is 37.3 Å². The van der Waals surface area contributed by atoms with Gasteiger partial charge in [0.25, 0.3) is 11.1 Å². The van der Waals surface area contributed by atoms with Crippen molar-refractivity contribution < 1.29 is 22.4 Å². The Morgan fingerprint density at radius 2 is 1.72 bits per heavy atom. The van der Waals surface area contributed by atoms with Crippen molar-refractivity contribution in [1.82, 2.24) is 20.2 Å². The smallest absolute Gasteiger partial charge is 0.272 e. The third-order valence-electron chi connectivity index (χ3n) is 4.37. The number of rotatable bonds is 7. The molecule has 2 amide bonds. The van der Waals surface area contributed by atoms with E-state index in [1.54, 1.807) is 0 Å². The zero-order valence-electron chi connectivity index (χ0n) is 16.6. The molecule has 3 aromatic rings. The number of hydrogen-bond donors (Lipinski definition) is 5. The van der Waals surface area contributed by atoms with E-state index in [0.29, 0.717) is 0 Å². The lowest BCUT2D eigenvalue weighted by Crippen LogP contribution is -2.46. The van der Waals surface area contributed by atoms with Crippen LogP contribution in [0.25, 0.3) is 10.8 Å². The SMILES string of the molecule is C[C@H](NS(=O)(=O)c1ccccc1F)C(=O)NCC(=O)Nc1cccc2c(=O)[nH][nH]c(=O)c12. The number of halogens is 1. The molecule has 0 aliphatic rings. The van der Waals surface area contributed by atoms with Gasteiger partial charge >= 0.3 is 0 Å². The number of carbonyl (C=O) groups is 2. The van der Waals surface area contributed by atoms with Crippen LogP contribution in [0.2, 0.25) is 0 Å². The van der Waals surface area contributed by atoms with Crippen molar-refractivity contribution in [2.24, 2.45) is 0 Å². The third kappa shape index (κ3) is 4.90. The van der Waals surface area contributed by atoms with Crippen LogP contribution in [0.3, 0.4) is 0 Å². The van der Waals surface area contributed by atoms with Crippen LogP contribution in [-0.4, -0.2) is 43.0 Å². The minimum Gasteiger partial charge on any atom is -0.346 e. The van der Waals surface area contributed by atoms with E-state index in [2.05, 4.69) is 20.8 Å². The summed E-state index contributed by atoms with van der Waals surface area (Å²) in [5, 5.41) is 9.00. The summed E-state index contributed by atoms with van der Waals surface area (Å²) in [4.78, 5) is 47.6. The predicted octanol–water partition coefficient (Wildman–Crippen LogP) is -0.223. The van der Waals surface area contributed by atoms with Gasteiger partial charge in [-0.3, -0.25) is 29.4 Å². The minimum atomic E-state index is -4.31. The van der Waals surface area contributed by atoms with Gasteiger partial charge in [0.2, 0.25) is 21.8 Å². The highest BCUT2D eigenvalue weighted by molar-refractivity contribution is 7.89. The number of hydrogen-bond acceptors (Lipinski definition) is 6. The summed E-state index contributed by atoms with van der Waals surface area (Å²) in [5.41, 5.74) is -1.13. The predicted molar refractivity (Wildman–Crippen MR) is 113 cm³/mol. The first-order chi connectivity index (χ1) is 15.1. The number of nitrogens with one attached hydrogen (secondary N) is 5. The first-order valence-corrected chi connectivity index (χ1v) is 10.7. The van der Waals surface area contributed by atoms with Crippen molar-refractivity contribution in [3.63, 3.8) is 0 Å². The lowest BCUT2D eigenvalue weighted by atomic mass is 10.1. The summed E-state index contributed by atoms with van der Waals surface area (Å²) in [6.45, 7) is 0.671. The Bertz CT molecular complexity index is 1420. The lowest BCUT2D eigenvalue weighted by molar-refractivity contribution is -0.125. The van der Waals surface area contributed by atoms with Crippen molar-refractivity contribution in [2.75, 3.05) is 11.9 Å². The zero-order chi connectivity index (χ0) is 23.5. The summed E-state index contributed by atoms with van der Waals surface area (Å²) >= 11 is 0. The number of sulfonamides is 1. The van der Waals surface area contributed by atoms with Crippen LogP contribution >= 0.6 is 0 Å². The van der Waals surface area contributed by atoms with Crippen LogP contribution in [-0.2, 0) is 19.6 Å². The summed E-state index contributed by atoms with van der Waals surface area (Å²) in [5.74, 6) is -2.54. The maximum absolute atomic E-state index is 13.7. The number of fused-ring (bicyclic) bond motifs is 1. The molecule has 0 fully saturated rings. The Morgan fingerprint density at radius 3 is 2.44 bits per heavy atom. The maximum Gasteiger partial charge on any atom is 0.272 e. The van der Waals surface area contributed by atoms with E-state index < -0.39 is 56.3 Å². The van der Waals surface area contributed by atoms with Gasteiger partial charge in [-0.05, 0) is 31.2 Å². The van der Waals surface area contributed by atoms with E-state index in [-0.39, 0.29) is 16.5 Å². The van der Waals surface area contributed by atoms with E-state index >= 15 is 0 Å². The summed E-state index contributed by atoms with van der Waals surface area (Å²) in [6.07, 6.45) is 0. The molecule has 2 aromatic carbocycles. The van der Waals surface area contributed by atoms with Crippen LogP contribution in [0.15, 0.2) is 56.9 Å². The van der Waals surface area contributed by atoms with Gasteiger partial charge in [-0.1, -0.05) is 18.2 Å².